The van der Waals surface area contributed by atoms with Crippen molar-refractivity contribution in [1.29, 1.82) is 0 Å². The molecule has 0 aliphatic heterocycles. The molecule has 0 amide bonds. The number of rotatable bonds is 4. The number of aromatic nitrogens is 2. The zero-order valence-corrected chi connectivity index (χ0v) is 8.68. The summed E-state index contributed by atoms with van der Waals surface area (Å²) >= 11 is 0. The van der Waals surface area contributed by atoms with Gasteiger partial charge in [-0.25, -0.2) is 4.98 Å². The van der Waals surface area contributed by atoms with Gasteiger partial charge in [-0.15, -0.1) is 0 Å². The average molecular weight is 236 g/mol. The van der Waals surface area contributed by atoms with Crippen LogP contribution in [0.1, 0.15) is 5.69 Å². The molecule has 17 heavy (non-hydrogen) atoms. The van der Waals surface area contributed by atoms with E-state index in [-0.39, 0.29) is 0 Å². The molecule has 1 aromatic heterocycles. The third-order valence-electron chi connectivity index (χ3n) is 2.18. The lowest BCUT2D eigenvalue weighted by molar-refractivity contribution is -0.387. The van der Waals surface area contributed by atoms with E-state index < -0.39 is 16.4 Å². The Labute approximate surface area is 95.7 Å². The van der Waals surface area contributed by atoms with Crippen molar-refractivity contribution in [2.24, 2.45) is 0 Å². The van der Waals surface area contributed by atoms with Gasteiger partial charge in [0.2, 0.25) is 5.82 Å². The van der Waals surface area contributed by atoms with Crippen LogP contribution in [0.4, 0.5) is 15.8 Å². The molecule has 0 saturated heterocycles. The molecule has 0 bridgehead atoms. The number of anilines is 1. The quantitative estimate of drug-likeness (QED) is 0.628. The Morgan fingerprint density at radius 1 is 1.53 bits per heavy atom. The normalized spacial score (nSPS) is 10.2. The highest BCUT2D eigenvalue weighted by Crippen LogP contribution is 2.21. The summed E-state index contributed by atoms with van der Waals surface area (Å²) in [6.07, 6.45) is 3.16. The summed E-state index contributed by atoms with van der Waals surface area (Å²) in [6, 6.07) is 3.66. The summed E-state index contributed by atoms with van der Waals surface area (Å²) in [5.41, 5.74) is 0.768. The number of H-pyrrole nitrogens is 1. The van der Waals surface area contributed by atoms with Crippen molar-refractivity contribution in [3.63, 3.8) is 0 Å². The van der Waals surface area contributed by atoms with Gasteiger partial charge in [0.15, 0.2) is 0 Å². The standard InChI is InChI=1S/C10H9FN4O2/c11-9-2-1-7(3-10(9)15(16)17)13-5-8-4-12-6-14-8/h1-4,6,13H,5H2,(H,12,14). The monoisotopic (exact) mass is 236 g/mol. The second-order valence-electron chi connectivity index (χ2n) is 3.35. The molecule has 0 saturated carbocycles. The molecular weight excluding hydrogens is 227 g/mol. The molecule has 2 rings (SSSR count). The Bertz CT molecular complexity index is 527. The number of nitrogens with one attached hydrogen (secondary N) is 2. The summed E-state index contributed by atoms with van der Waals surface area (Å²) in [7, 11) is 0. The van der Waals surface area contributed by atoms with Crippen molar-refractivity contribution in [2.45, 2.75) is 6.54 Å². The molecule has 0 radical (unpaired) electrons. The van der Waals surface area contributed by atoms with Gasteiger partial charge in [-0.1, -0.05) is 0 Å². The lowest BCUT2D eigenvalue weighted by atomic mass is 10.2. The van der Waals surface area contributed by atoms with Crippen LogP contribution >= 0.6 is 0 Å². The van der Waals surface area contributed by atoms with Gasteiger partial charge in [0.1, 0.15) is 0 Å². The summed E-state index contributed by atoms with van der Waals surface area (Å²) in [5, 5.41) is 13.5. The summed E-state index contributed by atoms with van der Waals surface area (Å²) in [6.45, 7) is 0.433. The van der Waals surface area contributed by atoms with Crippen LogP contribution in [-0.4, -0.2) is 14.9 Å². The molecule has 0 spiro atoms. The second kappa shape index (κ2) is 4.60. The largest absolute Gasteiger partial charge is 0.379 e. The van der Waals surface area contributed by atoms with Gasteiger partial charge in [0.25, 0.3) is 0 Å². The van der Waals surface area contributed by atoms with Gasteiger partial charge in [0.05, 0.1) is 23.5 Å². The predicted molar refractivity (Wildman–Crippen MR) is 59.0 cm³/mol. The van der Waals surface area contributed by atoms with Crippen molar-refractivity contribution in [3.8, 4) is 0 Å². The fraction of sp³-hybridized carbons (Fsp3) is 0.100. The van der Waals surface area contributed by atoms with E-state index in [2.05, 4.69) is 15.3 Å². The maximum atomic E-state index is 13.0. The number of benzene rings is 1. The molecule has 1 aromatic carbocycles. The first-order valence-corrected chi connectivity index (χ1v) is 4.82. The van der Waals surface area contributed by atoms with Crippen LogP contribution in [0.25, 0.3) is 0 Å². The van der Waals surface area contributed by atoms with Gasteiger partial charge in [-0.05, 0) is 12.1 Å². The third-order valence-corrected chi connectivity index (χ3v) is 2.18. The Morgan fingerprint density at radius 2 is 2.35 bits per heavy atom. The number of imidazole rings is 1. The molecule has 0 unspecified atom stereocenters. The molecular formula is C10H9FN4O2. The Kier molecular flexibility index (Phi) is 2.99. The number of aromatic amines is 1. The molecule has 0 aliphatic carbocycles. The molecule has 7 heteroatoms. The summed E-state index contributed by atoms with van der Waals surface area (Å²) in [5.74, 6) is -0.845. The van der Waals surface area contributed by atoms with Crippen molar-refractivity contribution in [3.05, 3.63) is 52.3 Å². The predicted octanol–water partition coefficient (Wildman–Crippen LogP) is 2.07. The number of nitro groups is 1. The number of hydrogen-bond donors (Lipinski definition) is 2. The molecule has 0 fully saturated rings. The van der Waals surface area contributed by atoms with Crippen LogP contribution in [0.3, 0.4) is 0 Å². The molecule has 0 atom stereocenters. The van der Waals surface area contributed by atoms with Crippen molar-refractivity contribution >= 4 is 11.4 Å². The van der Waals surface area contributed by atoms with Crippen LogP contribution in [0.2, 0.25) is 0 Å². The smallest absolute Gasteiger partial charge is 0.306 e. The van der Waals surface area contributed by atoms with Crippen LogP contribution in [0, 0.1) is 15.9 Å². The topological polar surface area (TPSA) is 83.8 Å². The second-order valence-corrected chi connectivity index (χ2v) is 3.35. The van der Waals surface area contributed by atoms with Crippen LogP contribution in [0.5, 0.6) is 0 Å². The summed E-state index contributed by atoms with van der Waals surface area (Å²) < 4.78 is 13.0. The van der Waals surface area contributed by atoms with Gasteiger partial charge < -0.3 is 10.3 Å². The van der Waals surface area contributed by atoms with E-state index in [1.54, 1.807) is 6.20 Å². The molecule has 2 N–H and O–H groups in total. The Morgan fingerprint density at radius 3 is 3.00 bits per heavy atom. The zero-order valence-electron chi connectivity index (χ0n) is 8.68. The van der Waals surface area contributed by atoms with Crippen molar-refractivity contribution in [2.75, 3.05) is 5.32 Å². The van der Waals surface area contributed by atoms with Crippen LogP contribution in [-0.2, 0) is 6.54 Å². The van der Waals surface area contributed by atoms with Crippen molar-refractivity contribution < 1.29 is 9.31 Å². The first-order chi connectivity index (χ1) is 8.16. The van der Waals surface area contributed by atoms with Crippen LogP contribution < -0.4 is 5.32 Å². The van der Waals surface area contributed by atoms with Gasteiger partial charge in [-0.2, -0.15) is 4.39 Å². The first kappa shape index (κ1) is 11.1. The number of nitrogens with zero attached hydrogens (tertiary/aromatic N) is 2. The minimum absolute atomic E-state index is 0.433. The highest BCUT2D eigenvalue weighted by atomic mass is 19.1. The maximum absolute atomic E-state index is 13.0. The lowest BCUT2D eigenvalue weighted by Gasteiger charge is -2.04. The van der Waals surface area contributed by atoms with E-state index in [0.717, 1.165) is 17.8 Å². The van der Waals surface area contributed by atoms with Gasteiger partial charge >= 0.3 is 5.69 Å². The highest BCUT2D eigenvalue weighted by Gasteiger charge is 2.13. The van der Waals surface area contributed by atoms with E-state index in [1.165, 1.54) is 12.4 Å². The molecule has 6 nitrogen and oxygen atoms in total. The SMILES string of the molecule is O=[N+]([O-])c1cc(NCc2cnc[nH]2)ccc1F. The fourth-order valence-corrected chi connectivity index (χ4v) is 1.34. The zero-order chi connectivity index (χ0) is 12.3. The van der Waals surface area contributed by atoms with Crippen LogP contribution in [0.15, 0.2) is 30.7 Å². The number of halogens is 1. The Balaban J connectivity index is 2.11. The number of hydrogen-bond acceptors (Lipinski definition) is 4. The number of nitro benzene ring substituents is 1. The molecule has 1 heterocycles. The van der Waals surface area contributed by atoms with Gasteiger partial charge in [-0.3, -0.25) is 10.1 Å². The van der Waals surface area contributed by atoms with Crippen molar-refractivity contribution in [1.82, 2.24) is 9.97 Å². The third kappa shape index (κ3) is 2.57. The fourth-order valence-electron chi connectivity index (χ4n) is 1.34. The molecule has 88 valence electrons. The molecule has 2 aromatic rings. The lowest BCUT2D eigenvalue weighted by Crippen LogP contribution is -2.01. The minimum atomic E-state index is -0.845. The average Bonchev–Trinajstić information content (AvgIpc) is 2.80. The minimum Gasteiger partial charge on any atom is -0.379 e. The van der Waals surface area contributed by atoms with E-state index in [4.69, 9.17) is 0 Å². The molecule has 0 aliphatic rings. The maximum Gasteiger partial charge on any atom is 0.306 e. The van der Waals surface area contributed by atoms with E-state index >= 15 is 0 Å². The van der Waals surface area contributed by atoms with E-state index in [1.807, 2.05) is 0 Å². The highest BCUT2D eigenvalue weighted by molar-refractivity contribution is 5.51. The first-order valence-electron chi connectivity index (χ1n) is 4.82. The van der Waals surface area contributed by atoms with E-state index in [9.17, 15) is 14.5 Å². The van der Waals surface area contributed by atoms with E-state index in [0.29, 0.717) is 12.2 Å². The summed E-state index contributed by atoms with van der Waals surface area (Å²) in [4.78, 5) is 16.5. The van der Waals surface area contributed by atoms with Gasteiger partial charge in [0, 0.05) is 18.0 Å². The Hall–Kier alpha value is -2.44.